The topological polar surface area (TPSA) is 133 Å². The molecule has 3 aromatic rings. The second-order valence-corrected chi connectivity index (χ2v) is 15.9. The molecule has 0 radical (unpaired) electrons. The molecule has 0 aromatic heterocycles. The SMILES string of the molecule is CCC1(CC)C(=O)N(CCNC(=O)OCc2ccccc2)c2ccccc21.CCCN1C(=O)C(CC)(CC)c2ccc(C(=O)N(C(C)C)C3CCCCC3)cc21.O=C=O. The number of benzene rings is 3. The molecular formula is C48H64N4O7. The largest absolute Gasteiger partial charge is 0.445 e. The molecule has 0 spiro atoms. The third-order valence-corrected chi connectivity index (χ3v) is 12.5. The monoisotopic (exact) mass is 808 g/mol. The van der Waals surface area contributed by atoms with Crippen LogP contribution in [0.15, 0.2) is 72.8 Å². The van der Waals surface area contributed by atoms with Crippen molar-refractivity contribution in [1.82, 2.24) is 10.2 Å². The van der Waals surface area contributed by atoms with Crippen LogP contribution in [-0.2, 0) is 41.4 Å². The quantitative estimate of drug-likeness (QED) is 0.172. The zero-order valence-electron chi connectivity index (χ0n) is 36.2. The summed E-state index contributed by atoms with van der Waals surface area (Å²) in [6.45, 7) is 16.4. The molecule has 0 unspecified atom stereocenters. The van der Waals surface area contributed by atoms with Crippen molar-refractivity contribution >= 4 is 41.3 Å². The molecule has 4 amide bonds. The van der Waals surface area contributed by atoms with Gasteiger partial charge in [0.2, 0.25) is 11.8 Å². The zero-order valence-corrected chi connectivity index (χ0v) is 36.2. The van der Waals surface area contributed by atoms with Crippen LogP contribution in [0.1, 0.15) is 140 Å². The van der Waals surface area contributed by atoms with Crippen molar-refractivity contribution in [3.8, 4) is 0 Å². The van der Waals surface area contributed by atoms with Gasteiger partial charge in [0.25, 0.3) is 5.91 Å². The minimum Gasteiger partial charge on any atom is -0.445 e. The smallest absolute Gasteiger partial charge is 0.407 e. The van der Waals surface area contributed by atoms with E-state index in [9.17, 15) is 19.2 Å². The van der Waals surface area contributed by atoms with Gasteiger partial charge in [-0.3, -0.25) is 14.4 Å². The van der Waals surface area contributed by atoms with Crippen molar-refractivity contribution < 1.29 is 33.5 Å². The summed E-state index contributed by atoms with van der Waals surface area (Å²) in [5.41, 5.74) is 4.87. The molecule has 0 saturated heterocycles. The van der Waals surface area contributed by atoms with Crippen LogP contribution in [-0.4, -0.2) is 66.6 Å². The summed E-state index contributed by atoms with van der Waals surface area (Å²) in [5, 5.41) is 2.74. The Kier molecular flexibility index (Phi) is 17.0. The standard InChI is InChI=1S/C25H38N2O2.C22H26N2O3.CO2/c1-6-16-26-22-17-19(14-15-21(22)25(7-2,8-3)24(26)29)23(28)27(18(4)5)20-12-10-9-11-13-20;1-3-22(4-2)18-12-8-9-13-19(18)24(20(22)25)15-14-23-21(26)27-16-17-10-6-5-7-11-17;2-1-3/h14-15,17-18,20H,6-13,16H2,1-5H3;5-13H,3-4,14-16H2,1-2H3,(H,23,26);. The van der Waals surface area contributed by atoms with Gasteiger partial charge in [-0.1, -0.05) is 108 Å². The second kappa shape index (κ2) is 21.6. The molecule has 1 aliphatic carbocycles. The number of para-hydroxylation sites is 1. The summed E-state index contributed by atoms with van der Waals surface area (Å²) in [5.74, 6) is 0.439. The molecule has 3 aliphatic rings. The number of nitrogens with one attached hydrogen (secondary N) is 1. The number of anilines is 2. The first-order chi connectivity index (χ1) is 28.4. The number of hydrogen-bond donors (Lipinski definition) is 1. The Morgan fingerprint density at radius 2 is 1.31 bits per heavy atom. The molecule has 6 rings (SSSR count). The molecule has 11 nitrogen and oxygen atoms in total. The lowest BCUT2D eigenvalue weighted by Gasteiger charge is -2.37. The molecule has 2 aliphatic heterocycles. The highest BCUT2D eigenvalue weighted by Gasteiger charge is 2.49. The normalized spacial score (nSPS) is 16.2. The van der Waals surface area contributed by atoms with Gasteiger partial charge in [0, 0.05) is 48.7 Å². The maximum Gasteiger partial charge on any atom is 0.407 e. The van der Waals surface area contributed by atoms with Gasteiger partial charge in [0.05, 0.1) is 10.8 Å². The molecule has 3 aromatic carbocycles. The average Bonchev–Trinajstić information content (AvgIpc) is 3.64. The van der Waals surface area contributed by atoms with Gasteiger partial charge < -0.3 is 24.8 Å². The van der Waals surface area contributed by atoms with Crippen LogP contribution in [0.4, 0.5) is 16.2 Å². The van der Waals surface area contributed by atoms with Crippen LogP contribution < -0.4 is 15.1 Å². The lowest BCUT2D eigenvalue weighted by atomic mass is 9.77. The molecule has 1 saturated carbocycles. The third kappa shape index (κ3) is 9.96. The third-order valence-electron chi connectivity index (χ3n) is 12.5. The predicted molar refractivity (Wildman–Crippen MR) is 230 cm³/mol. The van der Waals surface area contributed by atoms with Gasteiger partial charge in [0.1, 0.15) is 6.61 Å². The Morgan fingerprint density at radius 3 is 1.86 bits per heavy atom. The number of rotatable bonds is 14. The van der Waals surface area contributed by atoms with Crippen molar-refractivity contribution in [2.75, 3.05) is 29.4 Å². The Balaban J connectivity index is 0.000000245. The summed E-state index contributed by atoms with van der Waals surface area (Å²) >= 11 is 0. The molecule has 0 atom stereocenters. The fraction of sp³-hybridized carbons (Fsp3) is 0.521. The molecular weight excluding hydrogens is 745 g/mol. The molecule has 0 bridgehead atoms. The lowest BCUT2D eigenvalue weighted by molar-refractivity contribution is -0.191. The number of amides is 4. The van der Waals surface area contributed by atoms with Gasteiger partial charge in [-0.2, -0.15) is 9.59 Å². The summed E-state index contributed by atoms with van der Waals surface area (Å²) in [7, 11) is 0. The van der Waals surface area contributed by atoms with Crippen molar-refractivity contribution in [2.45, 2.75) is 142 Å². The Bertz CT molecular complexity index is 1910. The van der Waals surface area contributed by atoms with Crippen LogP contribution in [0.5, 0.6) is 0 Å². The van der Waals surface area contributed by atoms with E-state index in [1.54, 1.807) is 4.90 Å². The maximum absolute atomic E-state index is 13.6. The lowest BCUT2D eigenvalue weighted by Crippen LogP contribution is -2.45. The van der Waals surface area contributed by atoms with E-state index >= 15 is 0 Å². The molecule has 1 fully saturated rings. The van der Waals surface area contributed by atoms with E-state index in [1.165, 1.54) is 19.3 Å². The van der Waals surface area contributed by atoms with Crippen molar-refractivity contribution in [3.63, 3.8) is 0 Å². The van der Waals surface area contributed by atoms with Crippen LogP contribution in [0, 0.1) is 0 Å². The van der Waals surface area contributed by atoms with Crippen molar-refractivity contribution in [1.29, 1.82) is 0 Å². The number of fused-ring (bicyclic) bond motifs is 2. The molecule has 1 N–H and O–H groups in total. The summed E-state index contributed by atoms with van der Waals surface area (Å²) in [6, 6.07) is 24.0. The van der Waals surface area contributed by atoms with E-state index in [2.05, 4.69) is 64.7 Å². The predicted octanol–water partition coefficient (Wildman–Crippen LogP) is 9.12. The van der Waals surface area contributed by atoms with Gasteiger partial charge in [-0.15, -0.1) is 0 Å². The van der Waals surface area contributed by atoms with Crippen LogP contribution in [0.25, 0.3) is 0 Å². The maximum atomic E-state index is 13.6. The Morgan fingerprint density at radius 1 is 0.763 bits per heavy atom. The fourth-order valence-corrected chi connectivity index (χ4v) is 9.28. The van der Waals surface area contributed by atoms with E-state index in [4.69, 9.17) is 14.3 Å². The highest BCUT2D eigenvalue weighted by molar-refractivity contribution is 6.10. The first kappa shape index (κ1) is 46.4. The molecule has 59 heavy (non-hydrogen) atoms. The molecule has 318 valence electrons. The van der Waals surface area contributed by atoms with E-state index < -0.39 is 16.9 Å². The van der Waals surface area contributed by atoms with Gasteiger partial charge >= 0.3 is 12.2 Å². The minimum atomic E-state index is -0.476. The number of ether oxygens (including phenoxy) is 1. The van der Waals surface area contributed by atoms with Crippen molar-refractivity contribution in [3.05, 3.63) is 95.1 Å². The summed E-state index contributed by atoms with van der Waals surface area (Å²) in [6.07, 6.45) is 9.70. The number of carbonyl (C=O) groups excluding carboxylic acids is 6. The first-order valence-electron chi connectivity index (χ1n) is 21.6. The van der Waals surface area contributed by atoms with Crippen molar-refractivity contribution in [2.24, 2.45) is 0 Å². The van der Waals surface area contributed by atoms with E-state index in [-0.39, 0.29) is 36.5 Å². The average molecular weight is 809 g/mol. The molecule has 11 heteroatoms. The van der Waals surface area contributed by atoms with Gasteiger partial charge in [-0.25, -0.2) is 4.79 Å². The summed E-state index contributed by atoms with van der Waals surface area (Å²) < 4.78 is 5.22. The van der Waals surface area contributed by atoms with Gasteiger partial charge in [0.15, 0.2) is 0 Å². The number of carbonyl (C=O) groups is 4. The number of alkyl carbamates (subject to hydrolysis) is 1. The van der Waals surface area contributed by atoms with E-state index in [0.717, 1.165) is 78.6 Å². The molecule has 2 heterocycles. The van der Waals surface area contributed by atoms with Gasteiger partial charge in [-0.05, 0) is 93.7 Å². The summed E-state index contributed by atoms with van der Waals surface area (Å²) in [4.78, 5) is 74.0. The van der Waals surface area contributed by atoms with E-state index in [1.807, 2.05) is 71.6 Å². The van der Waals surface area contributed by atoms with Crippen LogP contribution >= 0.6 is 0 Å². The fourth-order valence-electron chi connectivity index (χ4n) is 9.28. The minimum absolute atomic E-state index is 0.115. The number of hydrogen-bond acceptors (Lipinski definition) is 7. The van der Waals surface area contributed by atoms with E-state index in [0.29, 0.717) is 25.7 Å². The van der Waals surface area contributed by atoms with Crippen LogP contribution in [0.2, 0.25) is 0 Å². The number of nitrogens with zero attached hydrogens (tertiary/aromatic N) is 3. The highest BCUT2D eigenvalue weighted by Crippen LogP contribution is 2.47. The second-order valence-electron chi connectivity index (χ2n) is 15.9. The highest BCUT2D eigenvalue weighted by atomic mass is 16.5. The Labute approximate surface area is 350 Å². The Hall–Kier alpha value is -5.28. The zero-order chi connectivity index (χ0) is 43.2. The first-order valence-corrected chi connectivity index (χ1v) is 21.6. The van der Waals surface area contributed by atoms with Crippen LogP contribution in [0.3, 0.4) is 0 Å².